The number of aliphatic hydroxyl groups excluding tert-OH is 1. The molecule has 0 aliphatic heterocycles. The van der Waals surface area contributed by atoms with Gasteiger partial charge >= 0.3 is 12.3 Å². The molecule has 0 amide bonds. The van der Waals surface area contributed by atoms with Crippen LogP contribution in [0, 0.1) is 0 Å². The van der Waals surface area contributed by atoms with E-state index >= 15 is 0 Å². The monoisotopic (exact) mass is 250 g/mol. The lowest BCUT2D eigenvalue weighted by Gasteiger charge is -2.13. The summed E-state index contributed by atoms with van der Waals surface area (Å²) >= 11 is 0. The van der Waals surface area contributed by atoms with Crippen LogP contribution in [-0.4, -0.2) is 28.6 Å². The Bertz CT molecular complexity index is 403. The molecule has 0 radical (unpaired) electrons. The number of hydrogen-bond donors (Lipinski definition) is 2. The Morgan fingerprint density at radius 1 is 1.35 bits per heavy atom. The number of hydrogen-bond acceptors (Lipinski definition) is 3. The largest absolute Gasteiger partial charge is 0.573 e. The molecular formula is C10H9F3O4. The summed E-state index contributed by atoms with van der Waals surface area (Å²) in [5.41, 5.74) is -0.0280. The number of halogens is 3. The van der Waals surface area contributed by atoms with Crippen LogP contribution < -0.4 is 4.74 Å². The fraction of sp³-hybridized carbons (Fsp3) is 0.300. The highest BCUT2D eigenvalue weighted by atomic mass is 19.4. The van der Waals surface area contributed by atoms with Gasteiger partial charge in [-0.05, 0) is 11.6 Å². The van der Waals surface area contributed by atoms with Gasteiger partial charge in [0.1, 0.15) is 5.75 Å². The van der Waals surface area contributed by atoms with E-state index in [1.807, 2.05) is 0 Å². The summed E-state index contributed by atoms with van der Waals surface area (Å²) in [6.07, 6.45) is -7.08. The lowest BCUT2D eigenvalue weighted by molar-refractivity contribution is -0.274. The molecular weight excluding hydrogens is 241 g/mol. The maximum atomic E-state index is 12.0. The van der Waals surface area contributed by atoms with Gasteiger partial charge in [0.15, 0.2) is 6.10 Å². The van der Waals surface area contributed by atoms with Gasteiger partial charge in [-0.2, -0.15) is 0 Å². The molecule has 0 bridgehead atoms. The van der Waals surface area contributed by atoms with Crippen LogP contribution >= 0.6 is 0 Å². The highest BCUT2D eigenvalue weighted by Crippen LogP contribution is 2.26. The summed E-state index contributed by atoms with van der Waals surface area (Å²) in [6, 6.07) is 5.05. The second-order valence-corrected chi connectivity index (χ2v) is 3.21. The average Bonchev–Trinajstić information content (AvgIpc) is 2.18. The lowest BCUT2D eigenvalue weighted by Crippen LogP contribution is -2.23. The Kier molecular flexibility index (Phi) is 3.95. The Morgan fingerprint density at radius 3 is 2.47 bits per heavy atom. The second-order valence-electron chi connectivity index (χ2n) is 3.21. The number of aliphatic hydroxyl groups is 1. The van der Waals surface area contributed by atoms with Crippen molar-refractivity contribution in [2.24, 2.45) is 0 Å². The second kappa shape index (κ2) is 5.05. The van der Waals surface area contributed by atoms with Crippen molar-refractivity contribution in [2.45, 2.75) is 18.9 Å². The van der Waals surface area contributed by atoms with E-state index in [9.17, 15) is 18.0 Å². The summed E-state index contributed by atoms with van der Waals surface area (Å²) in [6.45, 7) is 0. The van der Waals surface area contributed by atoms with E-state index in [2.05, 4.69) is 4.74 Å². The van der Waals surface area contributed by atoms with Gasteiger partial charge in [-0.3, -0.25) is 0 Å². The summed E-state index contributed by atoms with van der Waals surface area (Å²) in [7, 11) is 0. The maximum absolute atomic E-state index is 12.0. The Hall–Kier alpha value is -1.76. The quantitative estimate of drug-likeness (QED) is 0.851. The maximum Gasteiger partial charge on any atom is 0.573 e. The van der Waals surface area contributed by atoms with Crippen LogP contribution in [0.25, 0.3) is 0 Å². The molecule has 1 rings (SSSR count). The topological polar surface area (TPSA) is 66.8 Å². The molecule has 1 atom stereocenters. The smallest absolute Gasteiger partial charge is 0.479 e. The van der Waals surface area contributed by atoms with Crippen LogP contribution in [0.2, 0.25) is 0 Å². The van der Waals surface area contributed by atoms with Gasteiger partial charge < -0.3 is 14.9 Å². The van der Waals surface area contributed by atoms with Gasteiger partial charge in [0.25, 0.3) is 0 Å². The van der Waals surface area contributed by atoms with Gasteiger partial charge in [0, 0.05) is 6.42 Å². The predicted octanol–water partition coefficient (Wildman–Crippen LogP) is 1.57. The number of rotatable bonds is 4. The predicted molar refractivity (Wildman–Crippen MR) is 50.5 cm³/mol. The molecule has 7 heteroatoms. The number of carbonyl (C=O) groups is 1. The zero-order valence-electron chi connectivity index (χ0n) is 8.44. The van der Waals surface area contributed by atoms with Crippen molar-refractivity contribution < 1.29 is 32.9 Å². The zero-order chi connectivity index (χ0) is 13.1. The summed E-state index contributed by atoms with van der Waals surface area (Å²) in [5, 5.41) is 17.5. The Labute approximate surface area is 94.3 Å². The van der Waals surface area contributed by atoms with Gasteiger partial charge in [0.2, 0.25) is 0 Å². The first kappa shape index (κ1) is 13.3. The minimum atomic E-state index is -4.86. The van der Waals surface area contributed by atoms with Gasteiger partial charge in [-0.25, -0.2) is 4.79 Å². The highest BCUT2D eigenvalue weighted by Gasteiger charge is 2.32. The highest BCUT2D eigenvalue weighted by molar-refractivity contribution is 5.72. The van der Waals surface area contributed by atoms with E-state index in [1.165, 1.54) is 18.2 Å². The van der Waals surface area contributed by atoms with E-state index in [0.717, 1.165) is 6.07 Å². The van der Waals surface area contributed by atoms with Crippen LogP contribution in [0.1, 0.15) is 5.56 Å². The lowest BCUT2D eigenvalue weighted by atomic mass is 10.1. The van der Waals surface area contributed by atoms with Crippen LogP contribution in [-0.2, 0) is 11.2 Å². The Morgan fingerprint density at radius 2 is 1.94 bits per heavy atom. The number of carboxylic acids is 1. The molecule has 1 unspecified atom stereocenters. The van der Waals surface area contributed by atoms with Crippen LogP contribution in [0.3, 0.4) is 0 Å². The number of aliphatic carboxylic acids is 1. The van der Waals surface area contributed by atoms with Crippen molar-refractivity contribution in [3.05, 3.63) is 29.8 Å². The van der Waals surface area contributed by atoms with Gasteiger partial charge in [-0.15, -0.1) is 13.2 Å². The van der Waals surface area contributed by atoms with Gasteiger partial charge in [-0.1, -0.05) is 18.2 Å². The van der Waals surface area contributed by atoms with Crippen LogP contribution in [0.15, 0.2) is 24.3 Å². The molecule has 0 fully saturated rings. The number of ether oxygens (including phenoxy) is 1. The molecule has 0 aliphatic rings. The van der Waals surface area contributed by atoms with E-state index < -0.39 is 30.6 Å². The first-order valence-electron chi connectivity index (χ1n) is 4.54. The van der Waals surface area contributed by atoms with E-state index in [0.29, 0.717) is 0 Å². The first-order chi connectivity index (χ1) is 7.79. The van der Waals surface area contributed by atoms with Gasteiger partial charge in [0.05, 0.1) is 0 Å². The summed E-state index contributed by atoms with van der Waals surface area (Å²) in [5.74, 6) is -2.02. The number of carboxylic acid groups (broad SMARTS) is 1. The number of alkyl halides is 3. The van der Waals surface area contributed by atoms with Crippen molar-refractivity contribution in [1.82, 2.24) is 0 Å². The Balaban J connectivity index is 2.88. The fourth-order valence-electron chi connectivity index (χ4n) is 1.19. The average molecular weight is 250 g/mol. The van der Waals surface area contributed by atoms with Crippen molar-refractivity contribution >= 4 is 5.97 Å². The molecule has 0 spiro atoms. The van der Waals surface area contributed by atoms with E-state index in [1.54, 1.807) is 0 Å². The van der Waals surface area contributed by atoms with Crippen molar-refractivity contribution in [1.29, 1.82) is 0 Å². The SMILES string of the molecule is O=C(O)C(O)Cc1ccccc1OC(F)(F)F. The standard InChI is InChI=1S/C10H9F3O4/c11-10(12,13)17-8-4-2-1-3-6(8)5-7(14)9(15)16/h1-4,7,14H,5H2,(H,15,16). The molecule has 0 heterocycles. The molecule has 0 saturated heterocycles. The fourth-order valence-corrected chi connectivity index (χ4v) is 1.19. The van der Waals surface area contributed by atoms with Crippen LogP contribution in [0.5, 0.6) is 5.75 Å². The molecule has 0 aromatic heterocycles. The molecule has 2 N–H and O–H groups in total. The number of para-hydroxylation sites is 1. The normalized spacial score (nSPS) is 13.2. The van der Waals surface area contributed by atoms with E-state index in [-0.39, 0.29) is 5.56 Å². The molecule has 0 aliphatic carbocycles. The molecule has 4 nitrogen and oxygen atoms in total. The third-order valence-corrected chi connectivity index (χ3v) is 1.90. The van der Waals surface area contributed by atoms with E-state index in [4.69, 9.17) is 10.2 Å². The summed E-state index contributed by atoms with van der Waals surface area (Å²) < 4.78 is 39.8. The molecule has 0 saturated carbocycles. The molecule has 94 valence electrons. The third kappa shape index (κ3) is 4.31. The minimum Gasteiger partial charge on any atom is -0.479 e. The van der Waals surface area contributed by atoms with Crippen molar-refractivity contribution in [3.8, 4) is 5.75 Å². The molecule has 1 aromatic rings. The molecule has 1 aromatic carbocycles. The first-order valence-corrected chi connectivity index (χ1v) is 4.54. The van der Waals surface area contributed by atoms with Crippen molar-refractivity contribution in [2.75, 3.05) is 0 Å². The van der Waals surface area contributed by atoms with Crippen LogP contribution in [0.4, 0.5) is 13.2 Å². The zero-order valence-corrected chi connectivity index (χ0v) is 8.44. The summed E-state index contributed by atoms with van der Waals surface area (Å²) in [4.78, 5) is 10.4. The third-order valence-electron chi connectivity index (χ3n) is 1.90. The molecule has 17 heavy (non-hydrogen) atoms. The van der Waals surface area contributed by atoms with Crippen molar-refractivity contribution in [3.63, 3.8) is 0 Å². The minimum absolute atomic E-state index is 0.0280. The number of benzene rings is 1.